The Kier molecular flexibility index (Phi) is 5.26. The summed E-state index contributed by atoms with van der Waals surface area (Å²) in [4.78, 5) is 12.6. The Labute approximate surface area is 126 Å². The number of furan rings is 1. The van der Waals surface area contributed by atoms with Gasteiger partial charge in [0.25, 0.3) is 0 Å². The van der Waals surface area contributed by atoms with Gasteiger partial charge in [-0.2, -0.15) is 5.10 Å². The minimum Gasteiger partial charge on any atom is -0.463 e. The topological polar surface area (TPSA) is 54.6 Å². The van der Waals surface area contributed by atoms with Gasteiger partial charge in [0, 0.05) is 9.92 Å². The number of nitrogens with one attached hydrogen (secondary N) is 1. The van der Waals surface area contributed by atoms with Crippen LogP contribution in [0.2, 0.25) is 5.02 Å². The van der Waals surface area contributed by atoms with Gasteiger partial charge in [-0.1, -0.05) is 11.6 Å². The average molecular weight is 309 g/mol. The Morgan fingerprint density at radius 2 is 2.10 bits per heavy atom. The molecule has 0 aliphatic heterocycles. The molecule has 0 saturated carbocycles. The molecule has 1 N–H and O–H groups in total. The molecule has 1 heterocycles. The van der Waals surface area contributed by atoms with Gasteiger partial charge in [0.1, 0.15) is 11.5 Å². The lowest BCUT2D eigenvalue weighted by atomic mass is 10.3. The Morgan fingerprint density at radius 3 is 2.75 bits per heavy atom. The van der Waals surface area contributed by atoms with E-state index in [-0.39, 0.29) is 11.7 Å². The summed E-state index contributed by atoms with van der Waals surface area (Å²) in [6, 6.07) is 10.9. The van der Waals surface area contributed by atoms with Gasteiger partial charge in [0.15, 0.2) is 0 Å². The van der Waals surface area contributed by atoms with E-state index in [0.717, 1.165) is 4.90 Å². The fourth-order valence-electron chi connectivity index (χ4n) is 1.40. The third kappa shape index (κ3) is 4.43. The normalized spacial score (nSPS) is 11.4. The lowest BCUT2D eigenvalue weighted by Gasteiger charge is -2.02. The summed E-state index contributed by atoms with van der Waals surface area (Å²) in [5.74, 6) is 0.753. The van der Waals surface area contributed by atoms with E-state index in [4.69, 9.17) is 16.0 Å². The summed E-state index contributed by atoms with van der Waals surface area (Å²) in [6.07, 6.45) is 1.56. The average Bonchev–Trinajstić information content (AvgIpc) is 2.98. The molecule has 2 rings (SSSR count). The highest BCUT2D eigenvalue weighted by molar-refractivity contribution is 8.00. The zero-order chi connectivity index (χ0) is 14.4. The zero-order valence-corrected chi connectivity index (χ0v) is 12.4. The molecule has 2 aromatic rings. The number of halogens is 1. The fraction of sp³-hybridized carbons (Fsp3) is 0.143. The molecule has 0 bridgehead atoms. The second-order valence-corrected chi connectivity index (χ2v) is 5.44. The molecule has 6 heteroatoms. The summed E-state index contributed by atoms with van der Waals surface area (Å²) in [7, 11) is 0. The predicted octanol–water partition coefficient (Wildman–Crippen LogP) is 3.57. The molecule has 0 atom stereocenters. The van der Waals surface area contributed by atoms with E-state index in [2.05, 4.69) is 10.5 Å². The fourth-order valence-corrected chi connectivity index (χ4v) is 2.21. The van der Waals surface area contributed by atoms with Crippen molar-refractivity contribution in [3.63, 3.8) is 0 Å². The van der Waals surface area contributed by atoms with Gasteiger partial charge < -0.3 is 4.42 Å². The smallest absolute Gasteiger partial charge is 0.250 e. The maximum Gasteiger partial charge on any atom is 0.250 e. The van der Waals surface area contributed by atoms with Crippen LogP contribution in [0.4, 0.5) is 0 Å². The standard InChI is InChI=1S/C14H13ClN2O2S/c1-10(13-3-2-8-19-13)16-17-14(18)9-20-12-6-4-11(15)5-7-12/h2-8H,9H2,1H3,(H,17,18)/b16-10-. The van der Waals surface area contributed by atoms with Crippen molar-refractivity contribution in [3.05, 3.63) is 53.4 Å². The van der Waals surface area contributed by atoms with Crippen LogP contribution in [0, 0.1) is 0 Å². The number of hydrogen-bond donors (Lipinski definition) is 1. The highest BCUT2D eigenvalue weighted by Gasteiger charge is 2.04. The van der Waals surface area contributed by atoms with Crippen LogP contribution in [0.1, 0.15) is 12.7 Å². The molecule has 0 aliphatic carbocycles. The van der Waals surface area contributed by atoms with Crippen molar-refractivity contribution in [3.8, 4) is 0 Å². The van der Waals surface area contributed by atoms with E-state index in [9.17, 15) is 4.79 Å². The lowest BCUT2D eigenvalue weighted by molar-refractivity contribution is -0.118. The number of carbonyl (C=O) groups is 1. The van der Waals surface area contributed by atoms with E-state index in [0.29, 0.717) is 16.5 Å². The van der Waals surface area contributed by atoms with Gasteiger partial charge in [0.2, 0.25) is 5.91 Å². The van der Waals surface area contributed by atoms with Crippen molar-refractivity contribution in [1.82, 2.24) is 5.43 Å². The van der Waals surface area contributed by atoms with E-state index >= 15 is 0 Å². The maximum atomic E-state index is 11.7. The van der Waals surface area contributed by atoms with Crippen molar-refractivity contribution in [1.29, 1.82) is 0 Å². The molecule has 104 valence electrons. The molecule has 20 heavy (non-hydrogen) atoms. The van der Waals surface area contributed by atoms with Crippen LogP contribution in [-0.4, -0.2) is 17.4 Å². The Hall–Kier alpha value is -1.72. The summed E-state index contributed by atoms with van der Waals surface area (Å²) < 4.78 is 5.17. The summed E-state index contributed by atoms with van der Waals surface area (Å²) in [5, 5.41) is 4.66. The quantitative estimate of drug-likeness (QED) is 0.522. The van der Waals surface area contributed by atoms with Crippen LogP contribution in [0.25, 0.3) is 0 Å². The Bertz CT molecular complexity index is 594. The Morgan fingerprint density at radius 1 is 1.35 bits per heavy atom. The minimum atomic E-state index is -0.171. The number of thioether (sulfide) groups is 1. The van der Waals surface area contributed by atoms with Crippen molar-refractivity contribution >= 4 is 35.0 Å². The molecule has 0 fully saturated rings. The van der Waals surface area contributed by atoms with Crippen LogP contribution in [0.15, 0.2) is 57.1 Å². The second kappa shape index (κ2) is 7.17. The van der Waals surface area contributed by atoms with E-state index < -0.39 is 0 Å². The molecule has 0 radical (unpaired) electrons. The molecule has 0 saturated heterocycles. The van der Waals surface area contributed by atoms with Gasteiger partial charge in [-0.25, -0.2) is 5.43 Å². The molecule has 1 amide bonds. The first-order valence-electron chi connectivity index (χ1n) is 5.90. The van der Waals surface area contributed by atoms with Crippen molar-refractivity contribution in [2.75, 3.05) is 5.75 Å². The van der Waals surface area contributed by atoms with Crippen molar-refractivity contribution < 1.29 is 9.21 Å². The number of nitrogens with zero attached hydrogens (tertiary/aromatic N) is 1. The maximum absolute atomic E-state index is 11.7. The summed E-state index contributed by atoms with van der Waals surface area (Å²) in [5.41, 5.74) is 3.12. The van der Waals surface area contributed by atoms with Gasteiger partial charge in [-0.3, -0.25) is 4.79 Å². The third-order valence-corrected chi connectivity index (χ3v) is 3.67. The van der Waals surface area contributed by atoms with Crippen LogP contribution in [-0.2, 0) is 4.79 Å². The van der Waals surface area contributed by atoms with E-state index in [1.807, 2.05) is 12.1 Å². The van der Waals surface area contributed by atoms with Crippen LogP contribution in [0.3, 0.4) is 0 Å². The molecule has 1 aromatic heterocycles. The van der Waals surface area contributed by atoms with E-state index in [1.165, 1.54) is 11.8 Å². The molecular formula is C14H13ClN2O2S. The molecule has 0 aliphatic rings. The number of rotatable bonds is 5. The van der Waals surface area contributed by atoms with Gasteiger partial charge in [-0.15, -0.1) is 11.8 Å². The largest absolute Gasteiger partial charge is 0.463 e. The third-order valence-electron chi connectivity index (χ3n) is 2.41. The predicted molar refractivity (Wildman–Crippen MR) is 81.2 cm³/mol. The minimum absolute atomic E-state index is 0.171. The number of amides is 1. The summed E-state index contributed by atoms with van der Waals surface area (Å²) in [6.45, 7) is 1.77. The molecule has 4 nitrogen and oxygen atoms in total. The first-order valence-corrected chi connectivity index (χ1v) is 7.27. The second-order valence-electron chi connectivity index (χ2n) is 3.95. The number of hydrogen-bond acceptors (Lipinski definition) is 4. The van der Waals surface area contributed by atoms with Crippen molar-refractivity contribution in [2.45, 2.75) is 11.8 Å². The molecule has 1 aromatic carbocycles. The first-order chi connectivity index (χ1) is 9.65. The molecule has 0 unspecified atom stereocenters. The van der Waals surface area contributed by atoms with Crippen LogP contribution < -0.4 is 5.43 Å². The SMILES string of the molecule is C/C(=N/NC(=O)CSc1ccc(Cl)cc1)c1ccco1. The van der Waals surface area contributed by atoms with Crippen LogP contribution >= 0.6 is 23.4 Å². The van der Waals surface area contributed by atoms with Gasteiger partial charge >= 0.3 is 0 Å². The van der Waals surface area contributed by atoms with Crippen molar-refractivity contribution in [2.24, 2.45) is 5.10 Å². The highest BCUT2D eigenvalue weighted by atomic mass is 35.5. The van der Waals surface area contributed by atoms with Crippen LogP contribution in [0.5, 0.6) is 0 Å². The Balaban J connectivity index is 1.81. The monoisotopic (exact) mass is 308 g/mol. The number of carbonyl (C=O) groups excluding carboxylic acids is 1. The lowest BCUT2D eigenvalue weighted by Crippen LogP contribution is -2.21. The number of hydrazone groups is 1. The zero-order valence-electron chi connectivity index (χ0n) is 10.8. The number of benzene rings is 1. The van der Waals surface area contributed by atoms with Gasteiger partial charge in [-0.05, 0) is 43.3 Å². The molecular weight excluding hydrogens is 296 g/mol. The first kappa shape index (κ1) is 14.7. The molecule has 0 spiro atoms. The highest BCUT2D eigenvalue weighted by Crippen LogP contribution is 2.19. The van der Waals surface area contributed by atoms with Gasteiger partial charge in [0.05, 0.1) is 12.0 Å². The summed E-state index contributed by atoms with van der Waals surface area (Å²) >= 11 is 7.22. The van der Waals surface area contributed by atoms with E-state index in [1.54, 1.807) is 37.5 Å².